The highest BCUT2D eigenvalue weighted by molar-refractivity contribution is 7.98. The number of anilines is 1. The van der Waals surface area contributed by atoms with E-state index >= 15 is 0 Å². The Labute approximate surface area is 218 Å². The van der Waals surface area contributed by atoms with Gasteiger partial charge in [0.15, 0.2) is 11.0 Å². The van der Waals surface area contributed by atoms with Crippen LogP contribution in [0, 0.1) is 17.0 Å². The summed E-state index contributed by atoms with van der Waals surface area (Å²) in [5, 5.41) is 25.9. The lowest BCUT2D eigenvalue weighted by Crippen LogP contribution is -2.29. The highest BCUT2D eigenvalue weighted by Gasteiger charge is 2.17. The summed E-state index contributed by atoms with van der Waals surface area (Å²) >= 11 is 1.50. The van der Waals surface area contributed by atoms with Gasteiger partial charge in [0.1, 0.15) is 5.75 Å². The normalized spacial score (nSPS) is 10.6. The van der Waals surface area contributed by atoms with Gasteiger partial charge in [0.2, 0.25) is 0 Å². The second kappa shape index (κ2) is 12.0. The number of nitrogens with zero attached hydrogens (tertiary/aromatic N) is 4. The zero-order valence-electron chi connectivity index (χ0n) is 20.4. The van der Waals surface area contributed by atoms with Gasteiger partial charge in [-0.25, -0.2) is 4.79 Å². The molecule has 3 aromatic carbocycles. The Bertz CT molecular complexity index is 1370. The summed E-state index contributed by atoms with van der Waals surface area (Å²) in [7, 11) is 0. The predicted octanol–water partition coefficient (Wildman–Crippen LogP) is 5.50. The summed E-state index contributed by atoms with van der Waals surface area (Å²) in [5.41, 5.74) is 3.60. The van der Waals surface area contributed by atoms with Crippen molar-refractivity contribution >= 4 is 29.2 Å². The first-order valence-electron chi connectivity index (χ1n) is 11.6. The van der Waals surface area contributed by atoms with Crippen LogP contribution in [0.4, 0.5) is 16.2 Å². The van der Waals surface area contributed by atoms with E-state index in [4.69, 9.17) is 4.74 Å². The van der Waals surface area contributed by atoms with Crippen molar-refractivity contribution in [2.24, 2.45) is 0 Å². The molecule has 11 heteroatoms. The maximum Gasteiger partial charge on any atom is 0.319 e. The van der Waals surface area contributed by atoms with Gasteiger partial charge in [-0.3, -0.25) is 14.7 Å². The summed E-state index contributed by atoms with van der Waals surface area (Å²) < 4.78 is 7.21. The third-order valence-electron chi connectivity index (χ3n) is 5.47. The summed E-state index contributed by atoms with van der Waals surface area (Å²) in [4.78, 5) is 23.2. The summed E-state index contributed by atoms with van der Waals surface area (Å²) in [5.74, 6) is 1.88. The number of carbonyl (C=O) groups is 1. The van der Waals surface area contributed by atoms with Crippen molar-refractivity contribution in [2.45, 2.75) is 31.3 Å². The molecule has 1 heterocycles. The van der Waals surface area contributed by atoms with E-state index < -0.39 is 11.0 Å². The Hall–Kier alpha value is -4.38. The van der Waals surface area contributed by atoms with E-state index in [0.29, 0.717) is 34.7 Å². The van der Waals surface area contributed by atoms with Crippen LogP contribution in [0.25, 0.3) is 5.69 Å². The number of urea groups is 1. The number of hydrogen-bond donors (Lipinski definition) is 2. The molecule has 2 amide bonds. The Kier molecular flexibility index (Phi) is 8.37. The monoisotopic (exact) mass is 518 g/mol. The molecule has 190 valence electrons. The number of thioether (sulfide) groups is 1. The highest BCUT2D eigenvalue weighted by atomic mass is 32.2. The first-order chi connectivity index (χ1) is 17.9. The molecule has 0 spiro atoms. The van der Waals surface area contributed by atoms with Crippen molar-refractivity contribution < 1.29 is 14.5 Å². The van der Waals surface area contributed by atoms with Gasteiger partial charge < -0.3 is 15.4 Å². The van der Waals surface area contributed by atoms with Crippen LogP contribution in [-0.4, -0.2) is 32.3 Å². The molecule has 0 aliphatic heterocycles. The van der Waals surface area contributed by atoms with Gasteiger partial charge in [0.05, 0.1) is 18.1 Å². The molecule has 0 radical (unpaired) electrons. The van der Waals surface area contributed by atoms with Gasteiger partial charge in [-0.05, 0) is 61.4 Å². The molecule has 0 aliphatic carbocycles. The van der Waals surface area contributed by atoms with E-state index in [-0.39, 0.29) is 12.2 Å². The lowest BCUT2D eigenvalue weighted by atomic mass is 10.1. The predicted molar refractivity (Wildman–Crippen MR) is 142 cm³/mol. The SMILES string of the molecule is CCOc1ccc(NC(=O)NCc2nnc(SCc3ccccc3C)n2-c2ccc([N+](=O)[O-])cc2)cc1. The second-order valence-electron chi connectivity index (χ2n) is 7.99. The maximum atomic E-state index is 12.5. The average Bonchev–Trinajstić information content (AvgIpc) is 3.31. The largest absolute Gasteiger partial charge is 0.494 e. The number of aromatic nitrogens is 3. The molecular formula is C26H26N6O4S. The number of nitrogens with one attached hydrogen (secondary N) is 2. The van der Waals surface area contributed by atoms with Gasteiger partial charge in [-0.15, -0.1) is 10.2 Å². The van der Waals surface area contributed by atoms with Crippen molar-refractivity contribution in [1.29, 1.82) is 0 Å². The van der Waals surface area contributed by atoms with Gasteiger partial charge >= 0.3 is 6.03 Å². The fourth-order valence-electron chi connectivity index (χ4n) is 3.54. The smallest absolute Gasteiger partial charge is 0.319 e. The minimum absolute atomic E-state index is 0.0136. The zero-order valence-corrected chi connectivity index (χ0v) is 21.2. The van der Waals surface area contributed by atoms with E-state index in [2.05, 4.69) is 39.9 Å². The van der Waals surface area contributed by atoms with Crippen molar-refractivity contribution in [1.82, 2.24) is 20.1 Å². The molecule has 0 saturated carbocycles. The molecule has 4 aromatic rings. The average molecular weight is 519 g/mol. The van der Waals surface area contributed by atoms with Gasteiger partial charge in [-0.1, -0.05) is 36.0 Å². The fraction of sp³-hybridized carbons (Fsp3) is 0.192. The van der Waals surface area contributed by atoms with Crippen LogP contribution in [0.15, 0.2) is 78.0 Å². The molecule has 0 fully saturated rings. The van der Waals surface area contributed by atoms with Gasteiger partial charge in [0, 0.05) is 29.3 Å². The number of nitro groups is 1. The molecule has 0 bridgehead atoms. The quantitative estimate of drug-likeness (QED) is 0.161. The van der Waals surface area contributed by atoms with Crippen molar-refractivity contribution in [2.75, 3.05) is 11.9 Å². The number of non-ortho nitro benzene ring substituents is 1. The van der Waals surface area contributed by atoms with Gasteiger partial charge in [-0.2, -0.15) is 0 Å². The minimum Gasteiger partial charge on any atom is -0.494 e. The summed E-state index contributed by atoms with van der Waals surface area (Å²) in [6.45, 7) is 4.61. The lowest BCUT2D eigenvalue weighted by molar-refractivity contribution is -0.384. The van der Waals surface area contributed by atoms with Gasteiger partial charge in [0.25, 0.3) is 5.69 Å². The fourth-order valence-corrected chi connectivity index (χ4v) is 4.59. The molecule has 2 N–H and O–H groups in total. The van der Waals surface area contributed by atoms with E-state index in [1.54, 1.807) is 41.0 Å². The Morgan fingerprint density at radius 3 is 2.46 bits per heavy atom. The van der Waals surface area contributed by atoms with E-state index in [1.807, 2.05) is 19.1 Å². The number of benzene rings is 3. The topological polar surface area (TPSA) is 124 Å². The first-order valence-corrected chi connectivity index (χ1v) is 12.6. The lowest BCUT2D eigenvalue weighted by Gasteiger charge is -2.12. The second-order valence-corrected chi connectivity index (χ2v) is 8.93. The molecule has 4 rings (SSSR count). The van der Waals surface area contributed by atoms with E-state index in [9.17, 15) is 14.9 Å². The van der Waals surface area contributed by atoms with Crippen LogP contribution in [0.2, 0.25) is 0 Å². The van der Waals surface area contributed by atoms with Crippen LogP contribution in [-0.2, 0) is 12.3 Å². The van der Waals surface area contributed by atoms with Crippen molar-refractivity contribution in [3.05, 3.63) is 99.9 Å². The number of ether oxygens (including phenoxy) is 1. The number of rotatable bonds is 10. The van der Waals surface area contributed by atoms with Crippen LogP contribution in [0.5, 0.6) is 5.75 Å². The van der Waals surface area contributed by atoms with Crippen molar-refractivity contribution in [3.8, 4) is 11.4 Å². The molecule has 0 saturated heterocycles. The van der Waals surface area contributed by atoms with Crippen molar-refractivity contribution in [3.63, 3.8) is 0 Å². The number of hydrogen-bond acceptors (Lipinski definition) is 7. The number of amides is 2. The molecule has 0 atom stereocenters. The molecule has 0 aliphatic rings. The summed E-state index contributed by atoms with van der Waals surface area (Å²) in [6.07, 6.45) is 0. The third kappa shape index (κ3) is 6.64. The first kappa shape index (κ1) is 25.7. The molecule has 0 unspecified atom stereocenters. The zero-order chi connectivity index (χ0) is 26.2. The highest BCUT2D eigenvalue weighted by Crippen LogP contribution is 2.27. The molecule has 37 heavy (non-hydrogen) atoms. The summed E-state index contributed by atoms with van der Waals surface area (Å²) in [6, 6.07) is 20.9. The Morgan fingerprint density at radius 2 is 1.78 bits per heavy atom. The van der Waals surface area contributed by atoms with E-state index in [0.717, 1.165) is 5.75 Å². The van der Waals surface area contributed by atoms with Crippen LogP contribution >= 0.6 is 11.8 Å². The number of aryl methyl sites for hydroxylation is 1. The van der Waals surface area contributed by atoms with Crippen LogP contribution < -0.4 is 15.4 Å². The number of carbonyl (C=O) groups excluding carboxylic acids is 1. The van der Waals surface area contributed by atoms with Crippen LogP contribution in [0.1, 0.15) is 23.9 Å². The Balaban J connectivity index is 1.51. The Morgan fingerprint density at radius 1 is 1.05 bits per heavy atom. The maximum absolute atomic E-state index is 12.5. The standard InChI is InChI=1S/C26H26N6O4S/c1-3-36-23-14-8-20(9-15-23)28-25(33)27-16-24-29-30-26(37-17-19-7-5-4-6-18(19)2)31(24)21-10-12-22(13-11-21)32(34)35/h4-15H,3,16-17H2,1-2H3,(H2,27,28,33). The number of nitro benzene ring substituents is 1. The van der Waals surface area contributed by atoms with Crippen LogP contribution in [0.3, 0.4) is 0 Å². The van der Waals surface area contributed by atoms with E-state index in [1.165, 1.54) is 35.0 Å². The third-order valence-corrected chi connectivity index (χ3v) is 6.45. The molecule has 10 nitrogen and oxygen atoms in total. The minimum atomic E-state index is -0.447. The molecular weight excluding hydrogens is 492 g/mol. The molecule has 1 aromatic heterocycles.